The van der Waals surface area contributed by atoms with E-state index in [0.717, 1.165) is 29.4 Å². The molecule has 6 heteroatoms. The van der Waals surface area contributed by atoms with E-state index in [1.165, 1.54) is 0 Å². The minimum atomic E-state index is -0.578. The van der Waals surface area contributed by atoms with Gasteiger partial charge in [-0.3, -0.25) is 4.98 Å². The lowest BCUT2D eigenvalue weighted by atomic mass is 9.96. The summed E-state index contributed by atoms with van der Waals surface area (Å²) in [6.07, 6.45) is 3.11. The molecule has 6 nitrogen and oxygen atoms in total. The predicted octanol–water partition coefficient (Wildman–Crippen LogP) is 1.05. The number of rotatable bonds is 4. The van der Waals surface area contributed by atoms with E-state index in [-0.39, 0.29) is 12.1 Å². The average molecular weight is 303 g/mol. The summed E-state index contributed by atoms with van der Waals surface area (Å²) in [5.74, 6) is 0.538. The number of ether oxygens (including phenoxy) is 2. The number of methoxy groups -OCH3 is 1. The zero-order valence-corrected chi connectivity index (χ0v) is 12.6. The van der Waals surface area contributed by atoms with E-state index in [2.05, 4.69) is 9.97 Å². The molecule has 0 amide bonds. The Hall–Kier alpha value is -1.76. The fourth-order valence-electron chi connectivity index (χ4n) is 2.79. The summed E-state index contributed by atoms with van der Waals surface area (Å²) < 4.78 is 10.8. The molecular formula is C16H21N3O3. The van der Waals surface area contributed by atoms with Crippen LogP contribution in [0.15, 0.2) is 24.4 Å². The molecule has 3 rings (SSSR count). The average Bonchev–Trinajstić information content (AvgIpc) is 2.55. The van der Waals surface area contributed by atoms with Gasteiger partial charge in [0.25, 0.3) is 0 Å². The van der Waals surface area contributed by atoms with Crippen LogP contribution in [-0.4, -0.2) is 47.0 Å². The molecule has 0 bridgehead atoms. The second kappa shape index (κ2) is 6.56. The summed E-state index contributed by atoms with van der Waals surface area (Å²) in [6.45, 7) is 0.505. The summed E-state index contributed by atoms with van der Waals surface area (Å²) in [5, 5.41) is 10.5. The highest BCUT2D eigenvalue weighted by molar-refractivity contribution is 5.78. The molecule has 3 atom stereocenters. The molecule has 2 aromatic heterocycles. The number of hydrogen-bond acceptors (Lipinski definition) is 6. The Labute approximate surface area is 129 Å². The molecule has 2 aromatic rings. The molecule has 0 aromatic carbocycles. The van der Waals surface area contributed by atoms with Crippen molar-refractivity contribution in [3.05, 3.63) is 30.0 Å². The topological polar surface area (TPSA) is 90.5 Å². The third-order valence-electron chi connectivity index (χ3n) is 4.06. The molecule has 0 radical (unpaired) electrons. The molecule has 22 heavy (non-hydrogen) atoms. The molecule has 1 saturated heterocycles. The van der Waals surface area contributed by atoms with Crippen LogP contribution in [0.5, 0.6) is 5.88 Å². The molecule has 1 aliphatic heterocycles. The van der Waals surface area contributed by atoms with Gasteiger partial charge in [0.05, 0.1) is 37.0 Å². The van der Waals surface area contributed by atoms with E-state index in [0.29, 0.717) is 18.9 Å². The van der Waals surface area contributed by atoms with Crippen LogP contribution in [0, 0.1) is 0 Å². The maximum atomic E-state index is 10.5. The van der Waals surface area contributed by atoms with Gasteiger partial charge >= 0.3 is 0 Å². The van der Waals surface area contributed by atoms with E-state index >= 15 is 0 Å². The molecule has 1 fully saturated rings. The first-order chi connectivity index (χ1) is 10.7. The first kappa shape index (κ1) is 15.1. The lowest BCUT2D eigenvalue weighted by Gasteiger charge is -2.30. The SMILES string of the molecule is COc1ccc2nccc(C[C@H](O)C3CCC(N)CO3)c2n1. The minimum Gasteiger partial charge on any atom is -0.481 e. The van der Waals surface area contributed by atoms with Gasteiger partial charge in [0, 0.05) is 24.7 Å². The van der Waals surface area contributed by atoms with E-state index in [4.69, 9.17) is 15.2 Å². The normalized spacial score (nSPS) is 23.4. The number of fused-ring (bicyclic) bond motifs is 1. The zero-order valence-electron chi connectivity index (χ0n) is 12.6. The van der Waals surface area contributed by atoms with Gasteiger partial charge in [-0.25, -0.2) is 4.98 Å². The van der Waals surface area contributed by atoms with Gasteiger partial charge in [-0.15, -0.1) is 0 Å². The van der Waals surface area contributed by atoms with Crippen LogP contribution >= 0.6 is 0 Å². The van der Waals surface area contributed by atoms with E-state index in [1.54, 1.807) is 19.4 Å². The highest BCUT2D eigenvalue weighted by Crippen LogP contribution is 2.23. The summed E-state index contributed by atoms with van der Waals surface area (Å²) in [5.41, 5.74) is 8.30. The van der Waals surface area contributed by atoms with Crippen LogP contribution in [-0.2, 0) is 11.2 Å². The summed E-state index contributed by atoms with van der Waals surface area (Å²) in [7, 11) is 1.58. The van der Waals surface area contributed by atoms with Crippen molar-refractivity contribution < 1.29 is 14.6 Å². The van der Waals surface area contributed by atoms with Gasteiger partial charge in [-0.1, -0.05) is 0 Å². The third kappa shape index (κ3) is 3.19. The maximum Gasteiger partial charge on any atom is 0.213 e. The Morgan fingerprint density at radius 3 is 3.00 bits per heavy atom. The Morgan fingerprint density at radius 2 is 2.27 bits per heavy atom. The summed E-state index contributed by atoms with van der Waals surface area (Å²) in [4.78, 5) is 8.75. The fraction of sp³-hybridized carbons (Fsp3) is 0.500. The zero-order chi connectivity index (χ0) is 15.5. The standard InChI is InChI=1S/C16H21N3O3/c1-21-15-5-3-12-16(19-15)10(6-7-18-12)8-13(20)14-4-2-11(17)9-22-14/h3,5-7,11,13-14,20H,2,4,8-9,17H2,1H3/t11?,13-,14?/m0/s1. The number of nitrogens with zero attached hydrogens (tertiary/aromatic N) is 2. The second-order valence-electron chi connectivity index (χ2n) is 5.67. The molecule has 3 N–H and O–H groups in total. The van der Waals surface area contributed by atoms with Gasteiger partial charge in [-0.2, -0.15) is 0 Å². The Kier molecular flexibility index (Phi) is 4.52. The third-order valence-corrected chi connectivity index (χ3v) is 4.06. The summed E-state index contributed by atoms with van der Waals surface area (Å²) in [6, 6.07) is 5.61. The van der Waals surface area contributed by atoms with Crippen molar-refractivity contribution in [1.29, 1.82) is 0 Å². The van der Waals surface area contributed by atoms with Crippen molar-refractivity contribution in [2.24, 2.45) is 5.73 Å². The van der Waals surface area contributed by atoms with Gasteiger partial charge in [0.2, 0.25) is 5.88 Å². The quantitative estimate of drug-likeness (QED) is 0.877. The van der Waals surface area contributed by atoms with Crippen molar-refractivity contribution >= 4 is 11.0 Å². The number of nitrogens with two attached hydrogens (primary N) is 1. The van der Waals surface area contributed by atoms with Gasteiger partial charge in [0.1, 0.15) is 0 Å². The Morgan fingerprint density at radius 1 is 1.41 bits per heavy atom. The lowest BCUT2D eigenvalue weighted by Crippen LogP contribution is -2.41. The number of hydrogen-bond donors (Lipinski definition) is 2. The highest BCUT2D eigenvalue weighted by atomic mass is 16.5. The molecule has 1 aliphatic rings. The summed E-state index contributed by atoms with van der Waals surface area (Å²) >= 11 is 0. The van der Waals surface area contributed by atoms with Crippen molar-refractivity contribution in [3.63, 3.8) is 0 Å². The molecule has 118 valence electrons. The first-order valence-electron chi connectivity index (χ1n) is 7.51. The number of aliphatic hydroxyl groups is 1. The smallest absolute Gasteiger partial charge is 0.213 e. The van der Waals surface area contributed by atoms with Crippen LogP contribution in [0.3, 0.4) is 0 Å². The molecule has 3 heterocycles. The highest BCUT2D eigenvalue weighted by Gasteiger charge is 2.26. The molecular weight excluding hydrogens is 282 g/mol. The second-order valence-corrected chi connectivity index (χ2v) is 5.67. The van der Waals surface area contributed by atoms with Crippen LogP contribution in [0.2, 0.25) is 0 Å². The van der Waals surface area contributed by atoms with Crippen LogP contribution < -0.4 is 10.5 Å². The molecule has 0 spiro atoms. The van der Waals surface area contributed by atoms with Gasteiger partial charge in [-0.05, 0) is 30.5 Å². The lowest BCUT2D eigenvalue weighted by molar-refractivity contribution is -0.0671. The van der Waals surface area contributed by atoms with Gasteiger partial charge < -0.3 is 20.3 Å². The number of aromatic nitrogens is 2. The Balaban J connectivity index is 1.80. The fourth-order valence-corrected chi connectivity index (χ4v) is 2.79. The van der Waals surface area contributed by atoms with Crippen molar-refractivity contribution in [2.45, 2.75) is 37.5 Å². The van der Waals surface area contributed by atoms with E-state index in [9.17, 15) is 5.11 Å². The van der Waals surface area contributed by atoms with Crippen LogP contribution in [0.4, 0.5) is 0 Å². The molecule has 2 unspecified atom stereocenters. The Bertz CT molecular complexity index is 642. The van der Waals surface area contributed by atoms with Gasteiger partial charge in [0.15, 0.2) is 0 Å². The number of aliphatic hydroxyl groups excluding tert-OH is 1. The first-order valence-corrected chi connectivity index (χ1v) is 7.51. The van der Waals surface area contributed by atoms with Crippen molar-refractivity contribution in [3.8, 4) is 5.88 Å². The molecule has 0 saturated carbocycles. The predicted molar refractivity (Wildman–Crippen MR) is 82.8 cm³/mol. The van der Waals surface area contributed by atoms with E-state index < -0.39 is 6.10 Å². The van der Waals surface area contributed by atoms with E-state index in [1.807, 2.05) is 12.1 Å². The van der Waals surface area contributed by atoms with Crippen molar-refractivity contribution in [1.82, 2.24) is 9.97 Å². The maximum absolute atomic E-state index is 10.5. The largest absolute Gasteiger partial charge is 0.481 e. The molecule has 0 aliphatic carbocycles. The van der Waals surface area contributed by atoms with Crippen molar-refractivity contribution in [2.75, 3.05) is 13.7 Å². The van der Waals surface area contributed by atoms with Crippen LogP contribution in [0.25, 0.3) is 11.0 Å². The van der Waals surface area contributed by atoms with Crippen LogP contribution in [0.1, 0.15) is 18.4 Å². The monoisotopic (exact) mass is 303 g/mol. The minimum absolute atomic E-state index is 0.0798. The number of pyridine rings is 2.